The van der Waals surface area contributed by atoms with Crippen LogP contribution in [0.5, 0.6) is 0 Å². The van der Waals surface area contributed by atoms with Crippen molar-refractivity contribution >= 4 is 5.91 Å². The summed E-state index contributed by atoms with van der Waals surface area (Å²) >= 11 is 0. The molecule has 4 rings (SSSR count). The first-order valence-corrected chi connectivity index (χ1v) is 8.30. The maximum absolute atomic E-state index is 11.9. The fourth-order valence-electron chi connectivity index (χ4n) is 3.12. The zero-order valence-corrected chi connectivity index (χ0v) is 13.6. The molecule has 0 radical (unpaired) electrons. The highest BCUT2D eigenvalue weighted by atomic mass is 16.1. The molecule has 1 amide bonds. The fraction of sp³-hybridized carbons (Fsp3) is 0.200. The van der Waals surface area contributed by atoms with Crippen molar-refractivity contribution in [3.63, 3.8) is 0 Å². The van der Waals surface area contributed by atoms with Crippen molar-refractivity contribution in [1.82, 2.24) is 15.3 Å². The Balaban J connectivity index is 1.65. The predicted molar refractivity (Wildman–Crippen MR) is 94.9 cm³/mol. The number of amides is 1. The van der Waals surface area contributed by atoms with Crippen molar-refractivity contribution in [2.24, 2.45) is 0 Å². The minimum atomic E-state index is -0.000269. The first-order valence-electron chi connectivity index (χ1n) is 8.30. The highest BCUT2D eigenvalue weighted by Crippen LogP contribution is 2.26. The van der Waals surface area contributed by atoms with Gasteiger partial charge in [-0.15, -0.1) is 0 Å². The van der Waals surface area contributed by atoms with Gasteiger partial charge >= 0.3 is 0 Å². The van der Waals surface area contributed by atoms with Gasteiger partial charge in [0.15, 0.2) is 0 Å². The number of carbonyl (C=O) groups is 1. The second kappa shape index (κ2) is 5.96. The number of hydrogen-bond donors (Lipinski definition) is 2. The maximum Gasteiger partial charge on any atom is 0.253 e. The normalized spacial score (nSPS) is 13.5. The summed E-state index contributed by atoms with van der Waals surface area (Å²) in [6.07, 6.45) is 3.72. The molecule has 3 aromatic rings. The van der Waals surface area contributed by atoms with Gasteiger partial charge in [-0.3, -0.25) is 9.78 Å². The van der Waals surface area contributed by atoms with Crippen molar-refractivity contribution in [2.75, 3.05) is 6.54 Å². The molecular formula is C20H19N3O. The molecule has 3 heterocycles. The number of nitrogens with zero attached hydrogens (tertiary/aromatic N) is 1. The topological polar surface area (TPSA) is 57.8 Å². The lowest BCUT2D eigenvalue weighted by atomic mass is 10.1. The second-order valence-electron chi connectivity index (χ2n) is 6.07. The van der Waals surface area contributed by atoms with Crippen molar-refractivity contribution in [3.8, 4) is 22.5 Å². The molecular weight excluding hydrogens is 298 g/mol. The van der Waals surface area contributed by atoms with Crippen LogP contribution in [0.15, 0.2) is 48.7 Å². The smallest absolute Gasteiger partial charge is 0.253 e. The van der Waals surface area contributed by atoms with Crippen molar-refractivity contribution in [2.45, 2.75) is 19.8 Å². The number of H-pyrrole nitrogens is 1. The van der Waals surface area contributed by atoms with Crippen LogP contribution in [0.25, 0.3) is 22.5 Å². The molecule has 0 bridgehead atoms. The number of pyridine rings is 1. The number of aromatic nitrogens is 2. The highest BCUT2D eigenvalue weighted by molar-refractivity contribution is 5.97. The van der Waals surface area contributed by atoms with E-state index in [2.05, 4.69) is 52.5 Å². The summed E-state index contributed by atoms with van der Waals surface area (Å²) in [5, 5.41) is 2.87. The molecule has 1 aliphatic heterocycles. The number of nitrogens with one attached hydrogen (secondary N) is 2. The number of aryl methyl sites for hydroxylation is 1. The van der Waals surface area contributed by atoms with Gasteiger partial charge in [0, 0.05) is 41.7 Å². The van der Waals surface area contributed by atoms with Gasteiger partial charge in [0.25, 0.3) is 5.91 Å². The van der Waals surface area contributed by atoms with Crippen LogP contribution < -0.4 is 5.32 Å². The van der Waals surface area contributed by atoms with Crippen LogP contribution in [0.1, 0.15) is 28.5 Å². The average Bonchev–Trinajstić information content (AvgIpc) is 3.08. The van der Waals surface area contributed by atoms with Gasteiger partial charge in [0.1, 0.15) is 0 Å². The van der Waals surface area contributed by atoms with E-state index in [-0.39, 0.29) is 5.91 Å². The summed E-state index contributed by atoms with van der Waals surface area (Å²) in [5.41, 5.74) is 7.09. The van der Waals surface area contributed by atoms with E-state index in [0.717, 1.165) is 46.6 Å². The van der Waals surface area contributed by atoms with Gasteiger partial charge in [0.2, 0.25) is 0 Å². The van der Waals surface area contributed by atoms with E-state index in [1.165, 1.54) is 5.56 Å². The zero-order chi connectivity index (χ0) is 16.5. The highest BCUT2D eigenvalue weighted by Gasteiger charge is 2.19. The summed E-state index contributed by atoms with van der Waals surface area (Å²) in [5.74, 6) is -0.000269. The van der Waals surface area contributed by atoms with Gasteiger partial charge in [-0.2, -0.15) is 0 Å². The molecule has 0 spiro atoms. The third kappa shape index (κ3) is 2.60. The number of aromatic amines is 1. The van der Waals surface area contributed by atoms with Crippen LogP contribution in [0.3, 0.4) is 0 Å². The lowest BCUT2D eigenvalue weighted by Crippen LogP contribution is -2.31. The first-order chi connectivity index (χ1) is 11.7. The van der Waals surface area contributed by atoms with Gasteiger partial charge in [-0.05, 0) is 36.2 Å². The molecule has 1 aliphatic rings. The molecule has 0 fully saturated rings. The van der Waals surface area contributed by atoms with Crippen molar-refractivity contribution in [3.05, 3.63) is 65.5 Å². The van der Waals surface area contributed by atoms with Gasteiger partial charge in [-0.25, -0.2) is 0 Å². The zero-order valence-electron chi connectivity index (χ0n) is 13.6. The van der Waals surface area contributed by atoms with Crippen LogP contribution in [0.4, 0.5) is 0 Å². The summed E-state index contributed by atoms with van der Waals surface area (Å²) < 4.78 is 0. The van der Waals surface area contributed by atoms with E-state index < -0.39 is 0 Å². The van der Waals surface area contributed by atoms with Crippen LogP contribution in [0, 0.1) is 0 Å². The van der Waals surface area contributed by atoms with E-state index in [1.54, 1.807) is 0 Å². The molecule has 2 aromatic heterocycles. The first kappa shape index (κ1) is 14.7. The number of rotatable bonds is 3. The molecule has 4 heteroatoms. The van der Waals surface area contributed by atoms with Crippen LogP contribution in [0.2, 0.25) is 0 Å². The van der Waals surface area contributed by atoms with Gasteiger partial charge < -0.3 is 10.3 Å². The monoisotopic (exact) mass is 317 g/mol. The number of benzene rings is 1. The van der Waals surface area contributed by atoms with Crippen LogP contribution in [-0.2, 0) is 12.8 Å². The summed E-state index contributed by atoms with van der Waals surface area (Å²) in [6.45, 7) is 2.84. The number of carbonyl (C=O) groups excluding carboxylic acids is 1. The second-order valence-corrected chi connectivity index (χ2v) is 6.07. The molecule has 4 nitrogen and oxygen atoms in total. The minimum absolute atomic E-state index is 0.000269. The summed E-state index contributed by atoms with van der Waals surface area (Å²) in [4.78, 5) is 19.8. The van der Waals surface area contributed by atoms with Crippen LogP contribution in [-0.4, -0.2) is 22.4 Å². The average molecular weight is 317 g/mol. The summed E-state index contributed by atoms with van der Waals surface area (Å²) in [6, 6.07) is 14.5. The number of fused-ring (bicyclic) bond motifs is 1. The molecule has 120 valence electrons. The van der Waals surface area contributed by atoms with E-state index in [4.69, 9.17) is 0 Å². The maximum atomic E-state index is 11.9. The van der Waals surface area contributed by atoms with Crippen LogP contribution >= 0.6 is 0 Å². The van der Waals surface area contributed by atoms with E-state index in [0.29, 0.717) is 6.54 Å². The molecule has 0 aliphatic carbocycles. The Morgan fingerprint density at radius 2 is 2.04 bits per heavy atom. The molecule has 0 atom stereocenters. The predicted octanol–water partition coefficient (Wildman–Crippen LogP) is 3.59. The van der Waals surface area contributed by atoms with Gasteiger partial charge in [-0.1, -0.05) is 25.1 Å². The molecule has 24 heavy (non-hydrogen) atoms. The Morgan fingerprint density at radius 1 is 1.12 bits per heavy atom. The van der Waals surface area contributed by atoms with Crippen molar-refractivity contribution < 1.29 is 4.79 Å². The standard InChI is InChI=1S/C20H19N3O/c1-2-13-4-3-5-14(10-13)17-7-6-15(12-22-17)19-11-16-18(23-19)8-9-21-20(16)24/h3-7,10-12,23H,2,8-9H2,1H3,(H,21,24). The Bertz CT molecular complexity index is 894. The Kier molecular flexibility index (Phi) is 3.65. The summed E-state index contributed by atoms with van der Waals surface area (Å²) in [7, 11) is 0. The third-order valence-corrected chi connectivity index (χ3v) is 4.51. The Morgan fingerprint density at radius 3 is 2.79 bits per heavy atom. The largest absolute Gasteiger partial charge is 0.358 e. The lowest BCUT2D eigenvalue weighted by molar-refractivity contribution is 0.0946. The third-order valence-electron chi connectivity index (χ3n) is 4.51. The fourth-order valence-corrected chi connectivity index (χ4v) is 3.12. The van der Waals surface area contributed by atoms with E-state index in [9.17, 15) is 4.79 Å². The van der Waals surface area contributed by atoms with E-state index >= 15 is 0 Å². The molecule has 2 N–H and O–H groups in total. The number of hydrogen-bond acceptors (Lipinski definition) is 2. The SMILES string of the molecule is CCc1cccc(-c2ccc(-c3cc4c([nH]3)CCNC4=O)cn2)c1. The van der Waals surface area contributed by atoms with E-state index in [1.807, 2.05) is 18.3 Å². The van der Waals surface area contributed by atoms with Crippen molar-refractivity contribution in [1.29, 1.82) is 0 Å². The minimum Gasteiger partial charge on any atom is -0.358 e. The lowest BCUT2D eigenvalue weighted by Gasteiger charge is -2.10. The van der Waals surface area contributed by atoms with Gasteiger partial charge in [0.05, 0.1) is 11.3 Å². The molecule has 0 saturated heterocycles. The molecule has 1 aromatic carbocycles. The Labute approximate surface area is 141 Å². The Hall–Kier alpha value is -2.88. The molecule has 0 unspecified atom stereocenters. The quantitative estimate of drug-likeness (QED) is 0.775. The molecule has 0 saturated carbocycles.